The second kappa shape index (κ2) is 6.01. The van der Waals surface area contributed by atoms with Crippen molar-refractivity contribution in [3.8, 4) is 0 Å². The van der Waals surface area contributed by atoms with E-state index in [0.717, 1.165) is 11.4 Å². The maximum Gasteiger partial charge on any atom is 0.271 e. The molecule has 19 heavy (non-hydrogen) atoms. The van der Waals surface area contributed by atoms with Crippen molar-refractivity contribution in [3.63, 3.8) is 0 Å². The molecule has 0 aliphatic heterocycles. The van der Waals surface area contributed by atoms with E-state index in [1.165, 1.54) is 6.20 Å². The van der Waals surface area contributed by atoms with Gasteiger partial charge in [0.05, 0.1) is 24.1 Å². The molecule has 0 aromatic carbocycles. The van der Waals surface area contributed by atoms with Gasteiger partial charge < -0.3 is 11.1 Å². The zero-order chi connectivity index (χ0) is 13.7. The minimum atomic E-state index is -0.258. The molecule has 0 fully saturated rings. The van der Waals surface area contributed by atoms with Crippen molar-refractivity contribution in [2.45, 2.75) is 20.0 Å². The number of carbonyl (C=O) groups is 1. The normalized spacial score (nSPS) is 10.4. The lowest BCUT2D eigenvalue weighted by Gasteiger charge is -2.04. The highest BCUT2D eigenvalue weighted by Gasteiger charge is 2.06. The number of hydrogen-bond acceptors (Lipinski definition) is 6. The SMILES string of the molecule is Cc1cnc(C(=O)NCCn2cc(CN)nn2)cn1. The zero-order valence-corrected chi connectivity index (χ0v) is 10.6. The van der Waals surface area contributed by atoms with E-state index in [1.807, 2.05) is 6.92 Å². The maximum atomic E-state index is 11.7. The van der Waals surface area contributed by atoms with E-state index >= 15 is 0 Å². The van der Waals surface area contributed by atoms with Crippen molar-refractivity contribution in [2.75, 3.05) is 6.54 Å². The molecule has 0 aliphatic rings. The van der Waals surface area contributed by atoms with E-state index in [0.29, 0.717) is 25.3 Å². The number of hydrogen-bond donors (Lipinski definition) is 2. The molecule has 0 bridgehead atoms. The molecule has 8 nitrogen and oxygen atoms in total. The standard InChI is InChI=1S/C11H15N7O/c1-8-5-15-10(6-14-8)11(19)13-2-3-18-7-9(4-12)16-17-18/h5-7H,2-4,12H2,1H3,(H,13,19). The Morgan fingerprint density at radius 1 is 1.42 bits per heavy atom. The van der Waals surface area contributed by atoms with Gasteiger partial charge in [-0.2, -0.15) is 0 Å². The first-order valence-electron chi connectivity index (χ1n) is 5.85. The molecule has 0 atom stereocenters. The third kappa shape index (κ3) is 3.55. The van der Waals surface area contributed by atoms with Crippen LogP contribution in [0.15, 0.2) is 18.6 Å². The topological polar surface area (TPSA) is 112 Å². The summed E-state index contributed by atoms with van der Waals surface area (Å²) in [5, 5.41) is 10.5. The summed E-state index contributed by atoms with van der Waals surface area (Å²) in [7, 11) is 0. The van der Waals surface area contributed by atoms with Gasteiger partial charge in [-0.15, -0.1) is 5.10 Å². The van der Waals surface area contributed by atoms with Gasteiger partial charge in [-0.05, 0) is 6.92 Å². The molecule has 8 heteroatoms. The summed E-state index contributed by atoms with van der Waals surface area (Å²) in [6.07, 6.45) is 4.75. The Hall–Kier alpha value is -2.35. The monoisotopic (exact) mass is 261 g/mol. The van der Waals surface area contributed by atoms with Gasteiger partial charge in [0.1, 0.15) is 5.69 Å². The van der Waals surface area contributed by atoms with Crippen LogP contribution in [0.25, 0.3) is 0 Å². The number of aromatic nitrogens is 5. The Labute approximate surface area is 110 Å². The van der Waals surface area contributed by atoms with Gasteiger partial charge in [-0.3, -0.25) is 14.5 Å². The molecule has 3 N–H and O–H groups in total. The molecule has 100 valence electrons. The van der Waals surface area contributed by atoms with Crippen molar-refractivity contribution in [1.29, 1.82) is 0 Å². The summed E-state index contributed by atoms with van der Waals surface area (Å²) < 4.78 is 1.63. The van der Waals surface area contributed by atoms with Crippen molar-refractivity contribution >= 4 is 5.91 Å². The molecule has 2 heterocycles. The van der Waals surface area contributed by atoms with Crippen LogP contribution >= 0.6 is 0 Å². The lowest BCUT2D eigenvalue weighted by Crippen LogP contribution is -2.28. The molecule has 2 rings (SSSR count). The lowest BCUT2D eigenvalue weighted by molar-refractivity contribution is 0.0946. The van der Waals surface area contributed by atoms with Crippen LogP contribution in [-0.2, 0) is 13.1 Å². The number of amides is 1. The number of carbonyl (C=O) groups excluding carboxylic acids is 1. The van der Waals surface area contributed by atoms with E-state index in [4.69, 9.17) is 5.73 Å². The van der Waals surface area contributed by atoms with E-state index in [2.05, 4.69) is 25.6 Å². The van der Waals surface area contributed by atoms with E-state index < -0.39 is 0 Å². The zero-order valence-electron chi connectivity index (χ0n) is 10.6. The summed E-state index contributed by atoms with van der Waals surface area (Å²) >= 11 is 0. The summed E-state index contributed by atoms with van der Waals surface area (Å²) in [5.74, 6) is -0.258. The molecule has 2 aromatic heterocycles. The lowest BCUT2D eigenvalue weighted by atomic mass is 10.4. The third-order valence-corrected chi connectivity index (χ3v) is 2.44. The second-order valence-electron chi connectivity index (χ2n) is 3.98. The average Bonchev–Trinajstić information content (AvgIpc) is 2.87. The fraction of sp³-hybridized carbons (Fsp3) is 0.364. The molecular formula is C11H15N7O. The second-order valence-corrected chi connectivity index (χ2v) is 3.98. The number of nitrogens with one attached hydrogen (secondary N) is 1. The number of nitrogens with two attached hydrogens (primary N) is 1. The van der Waals surface area contributed by atoms with Crippen LogP contribution in [-0.4, -0.2) is 37.4 Å². The number of rotatable bonds is 5. The fourth-order valence-electron chi connectivity index (χ4n) is 1.43. The Morgan fingerprint density at radius 2 is 2.26 bits per heavy atom. The molecule has 0 unspecified atom stereocenters. The van der Waals surface area contributed by atoms with Crippen molar-refractivity contribution in [3.05, 3.63) is 35.7 Å². The van der Waals surface area contributed by atoms with Crippen LogP contribution in [0.2, 0.25) is 0 Å². The van der Waals surface area contributed by atoms with Gasteiger partial charge in [0.15, 0.2) is 0 Å². The van der Waals surface area contributed by atoms with E-state index in [1.54, 1.807) is 17.1 Å². The fourth-order valence-corrected chi connectivity index (χ4v) is 1.43. The van der Waals surface area contributed by atoms with Crippen LogP contribution in [0, 0.1) is 6.92 Å². The first-order valence-corrected chi connectivity index (χ1v) is 5.85. The molecular weight excluding hydrogens is 246 g/mol. The van der Waals surface area contributed by atoms with Gasteiger partial charge >= 0.3 is 0 Å². The van der Waals surface area contributed by atoms with Crippen LogP contribution in [0.1, 0.15) is 21.9 Å². The van der Waals surface area contributed by atoms with E-state index in [9.17, 15) is 4.79 Å². The Kier molecular flexibility index (Phi) is 4.14. The summed E-state index contributed by atoms with van der Waals surface area (Å²) in [6, 6.07) is 0. The first kappa shape index (κ1) is 13.1. The Morgan fingerprint density at radius 3 is 2.89 bits per heavy atom. The Bertz CT molecular complexity index is 548. The van der Waals surface area contributed by atoms with Gasteiger partial charge in [-0.1, -0.05) is 5.21 Å². The number of aryl methyl sites for hydroxylation is 1. The predicted octanol–water partition coefficient (Wildman–Crippen LogP) is -0.735. The molecule has 0 aliphatic carbocycles. The van der Waals surface area contributed by atoms with Crippen molar-refractivity contribution < 1.29 is 4.79 Å². The predicted molar refractivity (Wildman–Crippen MR) is 67.0 cm³/mol. The quantitative estimate of drug-likeness (QED) is 0.733. The Balaban J connectivity index is 1.82. The van der Waals surface area contributed by atoms with Crippen LogP contribution in [0.4, 0.5) is 0 Å². The van der Waals surface area contributed by atoms with Crippen LogP contribution in [0.5, 0.6) is 0 Å². The smallest absolute Gasteiger partial charge is 0.271 e. The third-order valence-electron chi connectivity index (χ3n) is 2.44. The summed E-state index contributed by atoms with van der Waals surface area (Å²) in [6.45, 7) is 3.12. The molecule has 0 radical (unpaired) electrons. The highest BCUT2D eigenvalue weighted by Crippen LogP contribution is 1.94. The number of nitrogens with zero attached hydrogens (tertiary/aromatic N) is 5. The maximum absolute atomic E-state index is 11.7. The van der Waals surface area contributed by atoms with Crippen molar-refractivity contribution in [2.24, 2.45) is 5.73 Å². The largest absolute Gasteiger partial charge is 0.349 e. The highest BCUT2D eigenvalue weighted by atomic mass is 16.1. The summed E-state index contributed by atoms with van der Waals surface area (Å²) in [4.78, 5) is 19.7. The van der Waals surface area contributed by atoms with Gasteiger partial charge in [0.25, 0.3) is 5.91 Å². The first-order chi connectivity index (χ1) is 9.19. The summed E-state index contributed by atoms with van der Waals surface area (Å²) in [5.41, 5.74) is 7.22. The van der Waals surface area contributed by atoms with E-state index in [-0.39, 0.29) is 5.91 Å². The van der Waals surface area contributed by atoms with Gasteiger partial charge in [-0.25, -0.2) is 4.98 Å². The van der Waals surface area contributed by atoms with Crippen LogP contribution < -0.4 is 11.1 Å². The molecule has 1 amide bonds. The molecule has 0 spiro atoms. The highest BCUT2D eigenvalue weighted by molar-refractivity contribution is 5.91. The molecule has 0 saturated carbocycles. The van der Waals surface area contributed by atoms with Crippen LogP contribution in [0.3, 0.4) is 0 Å². The minimum absolute atomic E-state index is 0.258. The average molecular weight is 261 g/mol. The van der Waals surface area contributed by atoms with Gasteiger partial charge in [0, 0.05) is 25.5 Å². The van der Waals surface area contributed by atoms with Crippen molar-refractivity contribution in [1.82, 2.24) is 30.3 Å². The van der Waals surface area contributed by atoms with Gasteiger partial charge in [0.2, 0.25) is 0 Å². The molecule has 2 aromatic rings. The minimum Gasteiger partial charge on any atom is -0.349 e. The molecule has 0 saturated heterocycles.